The van der Waals surface area contributed by atoms with Gasteiger partial charge in [0.15, 0.2) is 15.0 Å². The van der Waals surface area contributed by atoms with E-state index in [4.69, 9.17) is 14.5 Å². The van der Waals surface area contributed by atoms with E-state index in [1.54, 1.807) is 17.0 Å². The molecule has 3 aromatic rings. The highest BCUT2D eigenvalue weighted by atomic mass is 32.2. The van der Waals surface area contributed by atoms with Gasteiger partial charge in [-0.3, -0.25) is 9.69 Å². The van der Waals surface area contributed by atoms with Crippen LogP contribution in [-0.2, 0) is 14.6 Å². The summed E-state index contributed by atoms with van der Waals surface area (Å²) in [5.74, 6) is 1.13. The number of sulfone groups is 1. The van der Waals surface area contributed by atoms with E-state index in [1.807, 2.05) is 25.1 Å². The first-order valence-electron chi connectivity index (χ1n) is 12.2. The van der Waals surface area contributed by atoms with Crippen LogP contribution in [0.5, 0.6) is 11.5 Å². The molecule has 0 aliphatic heterocycles. The second-order valence-corrected chi connectivity index (χ2v) is 11.3. The number of aromatic nitrogens is 1. The quantitative estimate of drug-likeness (QED) is 0.298. The van der Waals surface area contributed by atoms with Crippen LogP contribution in [0, 0.1) is 0 Å². The van der Waals surface area contributed by atoms with Crippen LogP contribution >= 0.6 is 11.3 Å². The highest BCUT2D eigenvalue weighted by Gasteiger charge is 2.22. The first-order chi connectivity index (χ1) is 17.3. The van der Waals surface area contributed by atoms with Crippen LogP contribution in [0.3, 0.4) is 0 Å². The van der Waals surface area contributed by atoms with Crippen molar-refractivity contribution in [2.45, 2.75) is 38.5 Å². The number of hydrogen-bond acceptors (Lipinski definition) is 8. The molecule has 0 aliphatic carbocycles. The molecule has 196 valence electrons. The van der Waals surface area contributed by atoms with Crippen molar-refractivity contribution in [3.05, 3.63) is 42.5 Å². The molecule has 0 unspecified atom stereocenters. The van der Waals surface area contributed by atoms with Crippen molar-refractivity contribution in [3.8, 4) is 11.5 Å². The lowest BCUT2D eigenvalue weighted by Gasteiger charge is -2.24. The van der Waals surface area contributed by atoms with Crippen LogP contribution in [0.2, 0.25) is 0 Å². The van der Waals surface area contributed by atoms with Crippen molar-refractivity contribution in [2.75, 3.05) is 50.5 Å². The number of ether oxygens (including phenoxy) is 2. The van der Waals surface area contributed by atoms with E-state index in [2.05, 4.69) is 18.7 Å². The number of hydrogen-bond donors (Lipinski definition) is 0. The van der Waals surface area contributed by atoms with Gasteiger partial charge >= 0.3 is 0 Å². The van der Waals surface area contributed by atoms with Crippen LogP contribution in [0.15, 0.2) is 47.4 Å². The fourth-order valence-electron chi connectivity index (χ4n) is 3.82. The Balaban J connectivity index is 1.74. The van der Waals surface area contributed by atoms with E-state index in [0.29, 0.717) is 30.6 Å². The largest absolute Gasteiger partial charge is 0.497 e. The summed E-state index contributed by atoms with van der Waals surface area (Å²) in [5, 5.41) is 0.619. The number of nitrogens with zero attached hydrogens (tertiary/aromatic N) is 3. The monoisotopic (exact) mass is 533 g/mol. The molecular weight excluding hydrogens is 498 g/mol. The maximum Gasteiger partial charge on any atom is 0.228 e. The fourth-order valence-corrected chi connectivity index (χ4v) is 6.17. The predicted molar refractivity (Wildman–Crippen MR) is 145 cm³/mol. The lowest BCUT2D eigenvalue weighted by Crippen LogP contribution is -2.38. The molecule has 2 aromatic carbocycles. The molecule has 8 nitrogen and oxygen atoms in total. The zero-order chi connectivity index (χ0) is 26.1. The minimum Gasteiger partial charge on any atom is -0.497 e. The standard InChI is InChI=1S/C26H35N3O5S2/c1-5-28(6-2)16-17-29(26-27-23-15-12-21(34-7-3)19-24(23)35-26)25(30)9-8-18-36(31,32)22-13-10-20(33-4)11-14-22/h10-15,19H,5-9,16-18H2,1-4H3. The first-order valence-corrected chi connectivity index (χ1v) is 14.7. The van der Waals surface area contributed by atoms with Gasteiger partial charge in [0.25, 0.3) is 0 Å². The van der Waals surface area contributed by atoms with E-state index in [0.717, 1.165) is 29.1 Å². The van der Waals surface area contributed by atoms with Crippen molar-refractivity contribution >= 4 is 42.4 Å². The van der Waals surface area contributed by atoms with Crippen LogP contribution in [0.25, 0.3) is 10.2 Å². The van der Waals surface area contributed by atoms with Gasteiger partial charge in [0.1, 0.15) is 11.5 Å². The number of amides is 1. The topological polar surface area (TPSA) is 89.0 Å². The molecule has 1 heterocycles. The molecule has 36 heavy (non-hydrogen) atoms. The Kier molecular flexibility index (Phi) is 10.1. The van der Waals surface area contributed by atoms with Gasteiger partial charge in [0.05, 0.1) is 34.6 Å². The third-order valence-corrected chi connectivity index (χ3v) is 8.81. The number of rotatable bonds is 14. The van der Waals surface area contributed by atoms with E-state index in [9.17, 15) is 13.2 Å². The summed E-state index contributed by atoms with van der Waals surface area (Å²) in [6, 6.07) is 12.0. The normalized spacial score (nSPS) is 11.7. The van der Waals surface area contributed by atoms with E-state index in [-0.39, 0.29) is 29.4 Å². The summed E-state index contributed by atoms with van der Waals surface area (Å²) in [4.78, 5) is 22.2. The number of anilines is 1. The maximum atomic E-state index is 13.3. The molecule has 0 saturated heterocycles. The number of methoxy groups -OCH3 is 1. The van der Waals surface area contributed by atoms with Crippen molar-refractivity contribution in [1.29, 1.82) is 0 Å². The van der Waals surface area contributed by atoms with Crippen LogP contribution in [0.4, 0.5) is 5.13 Å². The molecule has 0 aliphatic rings. The summed E-state index contributed by atoms with van der Waals surface area (Å²) in [6.07, 6.45) is 0.349. The zero-order valence-electron chi connectivity index (χ0n) is 21.4. The molecular formula is C26H35N3O5S2. The second-order valence-electron chi connectivity index (χ2n) is 8.23. The highest BCUT2D eigenvalue weighted by molar-refractivity contribution is 7.91. The summed E-state index contributed by atoms with van der Waals surface area (Å²) in [5.41, 5.74) is 0.807. The van der Waals surface area contributed by atoms with Crippen molar-refractivity contribution in [3.63, 3.8) is 0 Å². The summed E-state index contributed by atoms with van der Waals surface area (Å²) < 4.78 is 37.2. The minimum absolute atomic E-state index is 0.105. The molecule has 1 aromatic heterocycles. The summed E-state index contributed by atoms with van der Waals surface area (Å²) in [6.45, 7) is 9.66. The fraction of sp³-hybridized carbons (Fsp3) is 0.462. The Hall–Kier alpha value is -2.69. The summed E-state index contributed by atoms with van der Waals surface area (Å²) >= 11 is 1.45. The van der Waals surface area contributed by atoms with Crippen LogP contribution in [0.1, 0.15) is 33.6 Å². The number of carbonyl (C=O) groups excluding carboxylic acids is 1. The highest BCUT2D eigenvalue weighted by Crippen LogP contribution is 2.32. The van der Waals surface area contributed by atoms with Crippen molar-refractivity contribution in [1.82, 2.24) is 9.88 Å². The molecule has 10 heteroatoms. The summed E-state index contributed by atoms with van der Waals surface area (Å²) in [7, 11) is -1.96. The van der Waals surface area contributed by atoms with Gasteiger partial charge in [-0.2, -0.15) is 0 Å². The van der Waals surface area contributed by atoms with Crippen molar-refractivity contribution in [2.24, 2.45) is 0 Å². The van der Waals surface area contributed by atoms with Crippen LogP contribution < -0.4 is 14.4 Å². The predicted octanol–water partition coefficient (Wildman–Crippen LogP) is 4.63. The van der Waals surface area contributed by atoms with Gasteiger partial charge in [0, 0.05) is 19.5 Å². The molecule has 0 fully saturated rings. The van der Waals surface area contributed by atoms with Gasteiger partial charge in [-0.1, -0.05) is 25.2 Å². The number of thiazole rings is 1. The molecule has 0 spiro atoms. The first kappa shape index (κ1) is 27.9. The van der Waals surface area contributed by atoms with Gasteiger partial charge in [-0.15, -0.1) is 0 Å². The average molecular weight is 534 g/mol. The maximum absolute atomic E-state index is 13.3. The lowest BCUT2D eigenvalue weighted by molar-refractivity contribution is -0.118. The SMILES string of the molecule is CCOc1ccc2nc(N(CCN(CC)CC)C(=O)CCCS(=O)(=O)c3ccc(OC)cc3)sc2c1. The Labute approximate surface area is 217 Å². The number of benzene rings is 2. The number of fused-ring (bicyclic) bond motifs is 1. The molecule has 3 rings (SSSR count). The van der Waals surface area contributed by atoms with Crippen LogP contribution in [-0.4, -0.2) is 69.9 Å². The van der Waals surface area contributed by atoms with Gasteiger partial charge in [-0.05, 0) is 68.9 Å². The zero-order valence-corrected chi connectivity index (χ0v) is 23.0. The molecule has 1 amide bonds. The van der Waals surface area contributed by atoms with E-state index in [1.165, 1.54) is 30.6 Å². The third kappa shape index (κ3) is 7.18. The lowest BCUT2D eigenvalue weighted by atomic mass is 10.3. The third-order valence-electron chi connectivity index (χ3n) is 5.95. The Morgan fingerprint density at radius 1 is 1.00 bits per heavy atom. The van der Waals surface area contributed by atoms with Crippen molar-refractivity contribution < 1.29 is 22.7 Å². The van der Waals surface area contributed by atoms with E-state index >= 15 is 0 Å². The van der Waals surface area contributed by atoms with E-state index < -0.39 is 9.84 Å². The number of likely N-dealkylation sites (N-methyl/N-ethyl adjacent to an activating group) is 1. The average Bonchev–Trinajstić information content (AvgIpc) is 3.29. The van der Waals surface area contributed by atoms with Gasteiger partial charge in [-0.25, -0.2) is 13.4 Å². The minimum atomic E-state index is -3.50. The smallest absolute Gasteiger partial charge is 0.228 e. The van der Waals surface area contributed by atoms with Gasteiger partial charge in [0.2, 0.25) is 5.91 Å². The molecule has 0 saturated carbocycles. The Morgan fingerprint density at radius 2 is 1.69 bits per heavy atom. The second kappa shape index (κ2) is 13.0. The molecule has 0 atom stereocenters. The molecule has 0 radical (unpaired) electrons. The Morgan fingerprint density at radius 3 is 2.33 bits per heavy atom. The number of carbonyl (C=O) groups is 1. The molecule has 0 bridgehead atoms. The Bertz CT molecular complexity index is 1240. The van der Waals surface area contributed by atoms with Gasteiger partial charge < -0.3 is 14.4 Å². The molecule has 0 N–H and O–H groups in total.